The van der Waals surface area contributed by atoms with E-state index in [0.29, 0.717) is 10.7 Å². The molecule has 0 aliphatic carbocycles. The van der Waals surface area contributed by atoms with Crippen molar-refractivity contribution in [2.45, 2.75) is 9.50 Å². The smallest absolute Gasteiger partial charge is 0.270 e. The molecule has 3 heterocycles. The van der Waals surface area contributed by atoms with Crippen LogP contribution in [0.4, 0.5) is 5.69 Å². The summed E-state index contributed by atoms with van der Waals surface area (Å²) >= 11 is 4.34. The number of para-hydroxylation sites is 1. The largest absolute Gasteiger partial charge is 0.457 e. The second-order valence-electron chi connectivity index (χ2n) is 7.52. The molecule has 6 rings (SSSR count). The van der Waals surface area contributed by atoms with Gasteiger partial charge in [-0.15, -0.1) is 32.9 Å². The van der Waals surface area contributed by atoms with Crippen LogP contribution in [0.25, 0.3) is 26.6 Å². The zero-order valence-corrected chi connectivity index (χ0v) is 20.8. The van der Waals surface area contributed by atoms with E-state index < -0.39 is 4.92 Å². The summed E-state index contributed by atoms with van der Waals surface area (Å²) in [7, 11) is 0. The van der Waals surface area contributed by atoms with E-state index in [-0.39, 0.29) is 5.69 Å². The minimum atomic E-state index is -0.402. The van der Waals surface area contributed by atoms with Crippen LogP contribution in [-0.4, -0.2) is 24.7 Å². The number of thiazole rings is 1. The molecule has 0 fully saturated rings. The van der Waals surface area contributed by atoms with Crippen LogP contribution in [0.3, 0.4) is 0 Å². The normalized spacial score (nSPS) is 11.1. The van der Waals surface area contributed by atoms with Crippen LogP contribution in [-0.2, 0) is 0 Å². The minimum absolute atomic E-state index is 0.0451. The number of ether oxygens (including phenoxy) is 1. The summed E-state index contributed by atoms with van der Waals surface area (Å²) in [6.45, 7) is 0. The molecule has 0 N–H and O–H groups in total. The molecule has 0 saturated heterocycles. The van der Waals surface area contributed by atoms with Gasteiger partial charge in [0.15, 0.2) is 10.2 Å². The van der Waals surface area contributed by atoms with Crippen LogP contribution in [0.2, 0.25) is 0 Å². The number of benzene rings is 3. The molecule has 0 unspecified atom stereocenters. The molecule has 0 amide bonds. The number of nitrogens with zero attached hydrogens (tertiary/aromatic N) is 5. The Balaban J connectivity index is 1.36. The first-order chi connectivity index (χ1) is 17.6. The standard InChI is InChI=1S/C25H15N5O3S3/c31-30(32)17-10-13-20-22(15-17)35-25(26-20)36-24-28-27-23(21-7-4-14-34-21)29(24)16-8-11-19(12-9-16)33-18-5-2-1-3-6-18/h1-15H. The van der Waals surface area contributed by atoms with Crippen LogP contribution in [0.5, 0.6) is 11.5 Å². The van der Waals surface area contributed by atoms with E-state index in [0.717, 1.165) is 36.9 Å². The summed E-state index contributed by atoms with van der Waals surface area (Å²) in [5.74, 6) is 2.21. The van der Waals surface area contributed by atoms with E-state index in [2.05, 4.69) is 15.2 Å². The van der Waals surface area contributed by atoms with E-state index in [9.17, 15) is 10.1 Å². The molecule has 0 atom stereocenters. The number of fused-ring (bicyclic) bond motifs is 1. The van der Waals surface area contributed by atoms with Crippen molar-refractivity contribution < 1.29 is 9.66 Å². The van der Waals surface area contributed by atoms with Crippen LogP contribution in [0.15, 0.2) is 99.8 Å². The maximum Gasteiger partial charge on any atom is 0.270 e. The lowest BCUT2D eigenvalue weighted by Gasteiger charge is -2.10. The summed E-state index contributed by atoms with van der Waals surface area (Å²) < 4.78 is 9.39. The maximum absolute atomic E-state index is 11.1. The van der Waals surface area contributed by atoms with Gasteiger partial charge in [-0.05, 0) is 65.7 Å². The van der Waals surface area contributed by atoms with Gasteiger partial charge in [0, 0.05) is 12.1 Å². The summed E-state index contributed by atoms with van der Waals surface area (Å²) in [6.07, 6.45) is 0. The van der Waals surface area contributed by atoms with Gasteiger partial charge in [0.25, 0.3) is 5.69 Å². The highest BCUT2D eigenvalue weighted by molar-refractivity contribution is 8.01. The average molecular weight is 530 g/mol. The molecule has 0 aliphatic rings. The van der Waals surface area contributed by atoms with Crippen molar-refractivity contribution in [3.8, 4) is 27.9 Å². The van der Waals surface area contributed by atoms with Crippen molar-refractivity contribution in [1.29, 1.82) is 0 Å². The predicted octanol–water partition coefficient (Wildman–Crippen LogP) is 7.46. The number of hydrogen-bond acceptors (Lipinski definition) is 9. The average Bonchev–Trinajstić information content (AvgIpc) is 3.64. The maximum atomic E-state index is 11.1. The molecule has 0 bridgehead atoms. The van der Waals surface area contributed by atoms with Crippen molar-refractivity contribution >= 4 is 50.3 Å². The zero-order chi connectivity index (χ0) is 24.5. The van der Waals surface area contributed by atoms with E-state index in [1.807, 2.05) is 76.7 Å². The van der Waals surface area contributed by atoms with Crippen LogP contribution >= 0.6 is 34.4 Å². The lowest BCUT2D eigenvalue weighted by atomic mass is 10.3. The molecule has 11 heteroatoms. The third-order valence-electron chi connectivity index (χ3n) is 5.19. The number of rotatable bonds is 7. The first kappa shape index (κ1) is 22.4. The fourth-order valence-electron chi connectivity index (χ4n) is 3.55. The molecule has 0 radical (unpaired) electrons. The summed E-state index contributed by atoms with van der Waals surface area (Å²) in [5.41, 5.74) is 1.63. The highest BCUT2D eigenvalue weighted by Gasteiger charge is 2.20. The molecular weight excluding hydrogens is 515 g/mol. The number of thiophene rings is 1. The van der Waals surface area contributed by atoms with Gasteiger partial charge in [0.2, 0.25) is 5.16 Å². The van der Waals surface area contributed by atoms with Gasteiger partial charge in [0.05, 0.1) is 25.7 Å². The number of non-ortho nitro benzene ring substituents is 1. The van der Waals surface area contributed by atoms with Crippen molar-refractivity contribution in [3.05, 3.63) is 100 Å². The van der Waals surface area contributed by atoms with Crippen molar-refractivity contribution in [2.24, 2.45) is 0 Å². The van der Waals surface area contributed by atoms with Crippen molar-refractivity contribution in [1.82, 2.24) is 19.7 Å². The van der Waals surface area contributed by atoms with Crippen molar-refractivity contribution in [2.75, 3.05) is 0 Å². The Labute approximate surface area is 217 Å². The Morgan fingerprint density at radius 1 is 0.917 bits per heavy atom. The lowest BCUT2D eigenvalue weighted by Crippen LogP contribution is -1.99. The zero-order valence-electron chi connectivity index (χ0n) is 18.3. The number of nitro benzene ring substituents is 1. The summed E-state index contributed by atoms with van der Waals surface area (Å²) in [6, 6.07) is 26.0. The predicted molar refractivity (Wildman–Crippen MR) is 142 cm³/mol. The summed E-state index contributed by atoms with van der Waals surface area (Å²) in [5, 5.41) is 22.7. The molecule has 8 nitrogen and oxygen atoms in total. The third kappa shape index (κ3) is 4.47. The molecule has 0 saturated carbocycles. The highest BCUT2D eigenvalue weighted by Crippen LogP contribution is 2.38. The molecule has 0 spiro atoms. The third-order valence-corrected chi connectivity index (χ3v) is 8.08. The first-order valence-corrected chi connectivity index (χ1v) is 13.2. The molecule has 176 valence electrons. The second-order valence-corrected chi connectivity index (χ2v) is 10.7. The monoisotopic (exact) mass is 529 g/mol. The van der Waals surface area contributed by atoms with Crippen LogP contribution < -0.4 is 4.74 Å². The van der Waals surface area contributed by atoms with Crippen molar-refractivity contribution in [3.63, 3.8) is 0 Å². The van der Waals surface area contributed by atoms with Gasteiger partial charge in [-0.3, -0.25) is 14.7 Å². The quantitative estimate of drug-likeness (QED) is 0.156. The van der Waals surface area contributed by atoms with Gasteiger partial charge in [-0.2, -0.15) is 0 Å². The molecule has 3 aromatic heterocycles. The number of hydrogen-bond donors (Lipinski definition) is 0. The highest BCUT2D eigenvalue weighted by atomic mass is 32.2. The Morgan fingerprint density at radius 3 is 2.47 bits per heavy atom. The first-order valence-electron chi connectivity index (χ1n) is 10.7. The SMILES string of the molecule is O=[N+]([O-])c1ccc2nc(Sc3nnc(-c4cccs4)n3-c3ccc(Oc4ccccc4)cc3)sc2c1. The van der Waals surface area contributed by atoms with Gasteiger partial charge >= 0.3 is 0 Å². The topological polar surface area (TPSA) is 96.0 Å². The van der Waals surface area contributed by atoms with Gasteiger partial charge < -0.3 is 4.74 Å². The van der Waals surface area contributed by atoms with Crippen LogP contribution in [0, 0.1) is 10.1 Å². The fraction of sp³-hybridized carbons (Fsp3) is 0. The fourth-order valence-corrected chi connectivity index (χ4v) is 6.30. The number of aromatic nitrogens is 4. The van der Waals surface area contributed by atoms with Gasteiger partial charge in [0.1, 0.15) is 11.5 Å². The van der Waals surface area contributed by atoms with E-state index in [4.69, 9.17) is 4.74 Å². The molecule has 3 aromatic carbocycles. The molecular formula is C25H15N5O3S3. The van der Waals surface area contributed by atoms with Crippen LogP contribution in [0.1, 0.15) is 0 Å². The second kappa shape index (κ2) is 9.53. The Kier molecular flexibility index (Phi) is 5.93. The van der Waals surface area contributed by atoms with Gasteiger partial charge in [-0.1, -0.05) is 24.3 Å². The molecule has 36 heavy (non-hydrogen) atoms. The molecule has 0 aliphatic heterocycles. The minimum Gasteiger partial charge on any atom is -0.457 e. The van der Waals surface area contributed by atoms with E-state index >= 15 is 0 Å². The lowest BCUT2D eigenvalue weighted by molar-refractivity contribution is -0.384. The molecule has 6 aromatic rings. The van der Waals surface area contributed by atoms with E-state index in [1.165, 1.54) is 29.2 Å². The summed E-state index contributed by atoms with van der Waals surface area (Å²) in [4.78, 5) is 16.4. The Hall–Kier alpha value is -4.06. The van der Waals surface area contributed by atoms with E-state index in [1.54, 1.807) is 23.5 Å². The Bertz CT molecular complexity index is 1660. The number of nitro groups is 1. The van der Waals surface area contributed by atoms with Gasteiger partial charge in [-0.25, -0.2) is 4.98 Å². The Morgan fingerprint density at radius 2 is 1.72 bits per heavy atom.